The van der Waals surface area contributed by atoms with Crippen LogP contribution in [0.1, 0.15) is 11.1 Å². The number of aromatic nitrogens is 2. The van der Waals surface area contributed by atoms with Crippen molar-refractivity contribution in [1.29, 1.82) is 0 Å². The summed E-state index contributed by atoms with van der Waals surface area (Å²) in [5, 5.41) is 6.53. The maximum atomic E-state index is 6.22. The van der Waals surface area contributed by atoms with Gasteiger partial charge in [-0.3, -0.25) is 4.68 Å². The minimum Gasteiger partial charge on any atom is -0.261 e. The molecule has 118 valence electrons. The average molecular weight is 363 g/mol. The second kappa shape index (κ2) is 7.43. The predicted octanol–water partition coefficient (Wildman–Crippen LogP) is 5.77. The molecule has 0 unspecified atom stereocenters. The van der Waals surface area contributed by atoms with Crippen molar-refractivity contribution in [2.75, 3.05) is 0 Å². The number of rotatable bonds is 5. The molecule has 0 spiro atoms. The molecule has 0 aliphatic rings. The summed E-state index contributed by atoms with van der Waals surface area (Å²) in [5.74, 6) is 1.30. The lowest BCUT2D eigenvalue weighted by atomic mass is 10.1. The van der Waals surface area contributed by atoms with Crippen LogP contribution in [0.5, 0.6) is 0 Å². The molecule has 5 heteroatoms. The molecule has 0 N–H and O–H groups in total. The summed E-state index contributed by atoms with van der Waals surface area (Å²) in [7, 11) is 1.96. The Bertz CT molecular complexity index is 783. The van der Waals surface area contributed by atoms with Crippen LogP contribution in [0.15, 0.2) is 59.6 Å². The van der Waals surface area contributed by atoms with E-state index >= 15 is 0 Å². The molecule has 1 heterocycles. The van der Waals surface area contributed by atoms with E-state index in [1.54, 1.807) is 11.8 Å². The largest absolute Gasteiger partial charge is 0.261 e. The van der Waals surface area contributed by atoms with Crippen molar-refractivity contribution in [3.05, 3.63) is 70.7 Å². The van der Waals surface area contributed by atoms with E-state index in [-0.39, 0.29) is 0 Å². The lowest BCUT2D eigenvalue weighted by molar-refractivity contribution is 0.697. The zero-order valence-electron chi connectivity index (χ0n) is 12.7. The molecule has 23 heavy (non-hydrogen) atoms. The fourth-order valence-corrected chi connectivity index (χ4v) is 3.94. The van der Waals surface area contributed by atoms with Crippen molar-refractivity contribution in [2.45, 2.75) is 16.7 Å². The SMILES string of the molecule is Cn1nc(-c2ccccc2)c(CCl)c1SCc1ccc(Cl)cc1. The van der Waals surface area contributed by atoms with Gasteiger partial charge >= 0.3 is 0 Å². The monoisotopic (exact) mass is 362 g/mol. The standard InChI is InChI=1S/C18H16Cl2N2S/c1-22-18(23-12-13-7-9-15(20)10-8-13)16(11-19)17(21-22)14-5-3-2-4-6-14/h2-10H,11-12H2,1H3. The van der Waals surface area contributed by atoms with E-state index in [1.807, 2.05) is 54.2 Å². The lowest BCUT2D eigenvalue weighted by Gasteiger charge is -2.05. The fraction of sp³-hybridized carbons (Fsp3) is 0.167. The molecule has 1 aromatic heterocycles. The zero-order chi connectivity index (χ0) is 16.2. The van der Waals surface area contributed by atoms with Gasteiger partial charge in [0.05, 0.1) is 16.6 Å². The van der Waals surface area contributed by atoms with Crippen LogP contribution in [0.2, 0.25) is 5.02 Å². The smallest absolute Gasteiger partial charge is 0.0990 e. The number of benzene rings is 2. The number of nitrogens with zero attached hydrogens (tertiary/aromatic N) is 2. The van der Waals surface area contributed by atoms with Crippen molar-refractivity contribution in [3.63, 3.8) is 0 Å². The summed E-state index contributed by atoms with van der Waals surface area (Å²) < 4.78 is 1.92. The topological polar surface area (TPSA) is 17.8 Å². The Morgan fingerprint density at radius 3 is 2.39 bits per heavy atom. The highest BCUT2D eigenvalue weighted by Crippen LogP contribution is 2.34. The number of thioether (sulfide) groups is 1. The molecule has 3 rings (SSSR count). The van der Waals surface area contributed by atoms with Crippen molar-refractivity contribution < 1.29 is 0 Å². The van der Waals surface area contributed by atoms with Crippen molar-refractivity contribution in [3.8, 4) is 11.3 Å². The van der Waals surface area contributed by atoms with E-state index in [9.17, 15) is 0 Å². The highest BCUT2D eigenvalue weighted by molar-refractivity contribution is 7.98. The Morgan fingerprint density at radius 1 is 1.04 bits per heavy atom. The molecule has 0 bridgehead atoms. The van der Waals surface area contributed by atoms with E-state index in [1.165, 1.54) is 5.56 Å². The van der Waals surface area contributed by atoms with E-state index < -0.39 is 0 Å². The second-order valence-electron chi connectivity index (χ2n) is 5.17. The van der Waals surface area contributed by atoms with Crippen LogP contribution in [0.3, 0.4) is 0 Å². The Balaban J connectivity index is 1.87. The first-order chi connectivity index (χ1) is 11.2. The third-order valence-electron chi connectivity index (χ3n) is 3.56. The molecule has 0 saturated carbocycles. The van der Waals surface area contributed by atoms with E-state index in [4.69, 9.17) is 23.2 Å². The third kappa shape index (κ3) is 3.74. The molecule has 0 atom stereocenters. The van der Waals surface area contributed by atoms with Gasteiger partial charge < -0.3 is 0 Å². The summed E-state index contributed by atoms with van der Waals surface area (Å²) in [4.78, 5) is 0. The van der Waals surface area contributed by atoms with Crippen LogP contribution in [-0.4, -0.2) is 9.78 Å². The molecule has 0 saturated heterocycles. The number of aryl methyl sites for hydroxylation is 1. The molecule has 0 aliphatic carbocycles. The second-order valence-corrected chi connectivity index (χ2v) is 6.84. The molecular weight excluding hydrogens is 347 g/mol. The first kappa shape index (κ1) is 16.4. The molecule has 0 fully saturated rings. The van der Waals surface area contributed by atoms with Crippen LogP contribution in [0, 0.1) is 0 Å². The maximum Gasteiger partial charge on any atom is 0.0990 e. The number of halogens is 2. The van der Waals surface area contributed by atoms with Crippen LogP contribution in [0.4, 0.5) is 0 Å². The van der Waals surface area contributed by atoms with E-state index in [2.05, 4.69) is 17.2 Å². The third-order valence-corrected chi connectivity index (χ3v) is 5.34. The highest BCUT2D eigenvalue weighted by atomic mass is 35.5. The predicted molar refractivity (Wildman–Crippen MR) is 99.2 cm³/mol. The Labute approximate surface area is 150 Å². The van der Waals surface area contributed by atoms with Gasteiger partial charge in [0.25, 0.3) is 0 Å². The normalized spacial score (nSPS) is 10.9. The van der Waals surface area contributed by atoms with Gasteiger partial charge in [0.1, 0.15) is 0 Å². The molecule has 0 radical (unpaired) electrons. The first-order valence-electron chi connectivity index (χ1n) is 7.23. The molecular formula is C18H16Cl2N2S. The van der Waals surface area contributed by atoms with E-state index in [0.29, 0.717) is 5.88 Å². The fourth-order valence-electron chi connectivity index (χ4n) is 2.41. The van der Waals surface area contributed by atoms with Gasteiger partial charge in [0.2, 0.25) is 0 Å². The molecule has 2 nitrogen and oxygen atoms in total. The van der Waals surface area contributed by atoms with E-state index in [0.717, 1.165) is 32.6 Å². The van der Waals surface area contributed by atoms with Crippen LogP contribution in [-0.2, 0) is 18.7 Å². The quantitative estimate of drug-likeness (QED) is 0.423. The van der Waals surface area contributed by atoms with Crippen LogP contribution < -0.4 is 0 Å². The number of hydrogen-bond donors (Lipinski definition) is 0. The lowest BCUT2D eigenvalue weighted by Crippen LogP contribution is -1.94. The van der Waals surface area contributed by atoms with Gasteiger partial charge in [0, 0.05) is 29.0 Å². The van der Waals surface area contributed by atoms with Crippen LogP contribution in [0.25, 0.3) is 11.3 Å². The molecule has 3 aromatic rings. The Kier molecular flexibility index (Phi) is 5.31. The molecule has 0 aliphatic heterocycles. The van der Waals surface area contributed by atoms with Gasteiger partial charge in [-0.2, -0.15) is 5.10 Å². The Morgan fingerprint density at radius 2 is 1.74 bits per heavy atom. The summed E-state index contributed by atoms with van der Waals surface area (Å²) >= 11 is 13.9. The zero-order valence-corrected chi connectivity index (χ0v) is 15.0. The minimum atomic E-state index is 0.445. The summed E-state index contributed by atoms with van der Waals surface area (Å²) in [6.45, 7) is 0. The van der Waals surface area contributed by atoms with Crippen molar-refractivity contribution in [1.82, 2.24) is 9.78 Å². The maximum absolute atomic E-state index is 6.22. The Hall–Kier alpha value is -1.42. The van der Waals surface area contributed by atoms with Gasteiger partial charge in [0.15, 0.2) is 0 Å². The molecule has 0 amide bonds. The van der Waals surface area contributed by atoms with Crippen molar-refractivity contribution in [2.24, 2.45) is 7.05 Å². The van der Waals surface area contributed by atoms with Gasteiger partial charge in [-0.1, -0.05) is 54.1 Å². The molecule has 2 aromatic carbocycles. The van der Waals surface area contributed by atoms with Gasteiger partial charge in [-0.25, -0.2) is 0 Å². The van der Waals surface area contributed by atoms with Crippen molar-refractivity contribution >= 4 is 35.0 Å². The highest BCUT2D eigenvalue weighted by Gasteiger charge is 2.17. The minimum absolute atomic E-state index is 0.445. The number of alkyl halides is 1. The van der Waals surface area contributed by atoms with Gasteiger partial charge in [-0.15, -0.1) is 23.4 Å². The number of hydrogen-bond acceptors (Lipinski definition) is 2. The first-order valence-corrected chi connectivity index (χ1v) is 9.13. The summed E-state index contributed by atoms with van der Waals surface area (Å²) in [6.07, 6.45) is 0. The average Bonchev–Trinajstić information content (AvgIpc) is 2.91. The van der Waals surface area contributed by atoms with Crippen LogP contribution >= 0.6 is 35.0 Å². The summed E-state index contributed by atoms with van der Waals surface area (Å²) in [6, 6.07) is 18.1. The van der Waals surface area contributed by atoms with Gasteiger partial charge in [-0.05, 0) is 17.7 Å². The summed E-state index contributed by atoms with van der Waals surface area (Å²) in [5.41, 5.74) is 4.36.